The maximum absolute atomic E-state index is 8.51. The number of nitrogens with two attached hydrogens (primary N) is 1. The van der Waals surface area contributed by atoms with Crippen molar-refractivity contribution in [3.8, 4) is 6.07 Å². The molecular formula is C11H12N2O. The molecule has 1 aliphatic rings. The summed E-state index contributed by atoms with van der Waals surface area (Å²) in [4.78, 5) is 0. The predicted octanol–water partition coefficient (Wildman–Crippen LogP) is 0.937. The van der Waals surface area contributed by atoms with E-state index in [1.807, 2.05) is 24.3 Å². The highest BCUT2D eigenvalue weighted by Crippen LogP contribution is 2.26. The zero-order valence-corrected chi connectivity index (χ0v) is 7.86. The van der Waals surface area contributed by atoms with Gasteiger partial charge in [0.15, 0.2) is 0 Å². The van der Waals surface area contributed by atoms with E-state index < -0.39 is 0 Å². The van der Waals surface area contributed by atoms with Gasteiger partial charge in [0.05, 0.1) is 31.2 Å². The number of nitrogens with zero attached hydrogens (tertiary/aromatic N) is 1. The summed E-state index contributed by atoms with van der Waals surface area (Å²) in [5.74, 6) is 0. The van der Waals surface area contributed by atoms with E-state index in [1.165, 1.54) is 0 Å². The molecule has 2 N–H and O–H groups in total. The van der Waals surface area contributed by atoms with Gasteiger partial charge in [0, 0.05) is 0 Å². The molecule has 0 spiro atoms. The number of hydrogen-bond donors (Lipinski definition) is 1. The second-order valence-corrected chi connectivity index (χ2v) is 3.68. The van der Waals surface area contributed by atoms with Gasteiger partial charge in [0.25, 0.3) is 0 Å². The molecule has 1 aromatic rings. The minimum atomic E-state index is -0.300. The Bertz CT molecular complexity index is 360. The summed E-state index contributed by atoms with van der Waals surface area (Å²) in [6.07, 6.45) is 0.453. The number of hydrogen-bond acceptors (Lipinski definition) is 3. The van der Waals surface area contributed by atoms with Crippen LogP contribution in [0.1, 0.15) is 11.1 Å². The van der Waals surface area contributed by atoms with Gasteiger partial charge in [-0.3, -0.25) is 0 Å². The van der Waals surface area contributed by atoms with Crippen LogP contribution in [-0.4, -0.2) is 13.2 Å². The lowest BCUT2D eigenvalue weighted by Gasteiger charge is -2.38. The Morgan fingerprint density at radius 2 is 2.00 bits per heavy atom. The lowest BCUT2D eigenvalue weighted by molar-refractivity contribution is -0.0569. The lowest BCUT2D eigenvalue weighted by Crippen LogP contribution is -2.54. The predicted molar refractivity (Wildman–Crippen MR) is 52.4 cm³/mol. The Labute approximate surface area is 83.1 Å². The molecule has 0 radical (unpaired) electrons. The topological polar surface area (TPSA) is 59.0 Å². The van der Waals surface area contributed by atoms with Crippen molar-refractivity contribution in [2.45, 2.75) is 12.0 Å². The third-order valence-corrected chi connectivity index (χ3v) is 2.53. The van der Waals surface area contributed by atoms with E-state index >= 15 is 0 Å². The SMILES string of the molecule is N#CCc1ccc(C2(N)COC2)cc1. The smallest absolute Gasteiger partial charge is 0.0883 e. The van der Waals surface area contributed by atoms with Gasteiger partial charge in [0.1, 0.15) is 0 Å². The second-order valence-electron chi connectivity index (χ2n) is 3.68. The molecule has 3 nitrogen and oxygen atoms in total. The molecule has 0 atom stereocenters. The van der Waals surface area contributed by atoms with Gasteiger partial charge in [-0.2, -0.15) is 5.26 Å². The molecule has 0 aliphatic carbocycles. The summed E-state index contributed by atoms with van der Waals surface area (Å²) in [5.41, 5.74) is 7.87. The fraction of sp³-hybridized carbons (Fsp3) is 0.364. The number of benzene rings is 1. The molecule has 0 unspecified atom stereocenters. The Morgan fingerprint density at radius 3 is 2.43 bits per heavy atom. The molecule has 2 rings (SSSR count). The zero-order chi connectivity index (χ0) is 10.0. The van der Waals surface area contributed by atoms with Crippen LogP contribution in [0.3, 0.4) is 0 Å². The minimum Gasteiger partial charge on any atom is -0.377 e. The molecular weight excluding hydrogens is 176 g/mol. The monoisotopic (exact) mass is 188 g/mol. The summed E-state index contributed by atoms with van der Waals surface area (Å²) < 4.78 is 5.09. The Morgan fingerprint density at radius 1 is 1.36 bits per heavy atom. The van der Waals surface area contributed by atoms with Crippen LogP contribution in [0.4, 0.5) is 0 Å². The Kier molecular flexibility index (Phi) is 2.24. The average Bonchev–Trinajstić information content (AvgIpc) is 2.16. The summed E-state index contributed by atoms with van der Waals surface area (Å²) >= 11 is 0. The first-order valence-corrected chi connectivity index (χ1v) is 4.58. The van der Waals surface area contributed by atoms with Crippen LogP contribution in [0.5, 0.6) is 0 Å². The van der Waals surface area contributed by atoms with Crippen molar-refractivity contribution >= 4 is 0 Å². The third-order valence-electron chi connectivity index (χ3n) is 2.53. The minimum absolute atomic E-state index is 0.300. The van der Waals surface area contributed by atoms with E-state index in [-0.39, 0.29) is 5.54 Å². The molecule has 1 saturated heterocycles. The van der Waals surface area contributed by atoms with Crippen molar-refractivity contribution in [2.75, 3.05) is 13.2 Å². The van der Waals surface area contributed by atoms with E-state index in [0.29, 0.717) is 19.6 Å². The van der Waals surface area contributed by atoms with Crippen molar-refractivity contribution in [1.29, 1.82) is 5.26 Å². The van der Waals surface area contributed by atoms with Crippen LogP contribution in [-0.2, 0) is 16.7 Å². The highest BCUT2D eigenvalue weighted by molar-refractivity contribution is 5.31. The van der Waals surface area contributed by atoms with Gasteiger partial charge in [-0.05, 0) is 11.1 Å². The first kappa shape index (κ1) is 9.20. The highest BCUT2D eigenvalue weighted by Gasteiger charge is 2.35. The summed E-state index contributed by atoms with van der Waals surface area (Å²) in [6.45, 7) is 1.18. The highest BCUT2D eigenvalue weighted by atomic mass is 16.5. The maximum Gasteiger partial charge on any atom is 0.0883 e. The summed E-state index contributed by atoms with van der Waals surface area (Å²) in [6, 6.07) is 9.98. The van der Waals surface area contributed by atoms with E-state index in [9.17, 15) is 0 Å². The lowest BCUT2D eigenvalue weighted by atomic mass is 9.88. The van der Waals surface area contributed by atoms with Crippen LogP contribution in [0.25, 0.3) is 0 Å². The van der Waals surface area contributed by atoms with Gasteiger partial charge < -0.3 is 10.5 Å². The molecule has 0 aromatic heterocycles. The van der Waals surface area contributed by atoms with E-state index in [4.69, 9.17) is 15.7 Å². The maximum atomic E-state index is 8.51. The van der Waals surface area contributed by atoms with Gasteiger partial charge in [-0.1, -0.05) is 24.3 Å². The quantitative estimate of drug-likeness (QED) is 0.751. The number of ether oxygens (including phenoxy) is 1. The fourth-order valence-electron chi connectivity index (χ4n) is 1.53. The largest absolute Gasteiger partial charge is 0.377 e. The van der Waals surface area contributed by atoms with Gasteiger partial charge in [0.2, 0.25) is 0 Å². The van der Waals surface area contributed by atoms with Crippen LogP contribution < -0.4 is 5.73 Å². The average molecular weight is 188 g/mol. The first-order chi connectivity index (χ1) is 6.74. The van der Waals surface area contributed by atoms with Crippen LogP contribution in [0, 0.1) is 11.3 Å². The Hall–Kier alpha value is -1.37. The van der Waals surface area contributed by atoms with Crippen molar-refractivity contribution < 1.29 is 4.74 Å². The number of nitriles is 1. The molecule has 0 saturated carbocycles. The first-order valence-electron chi connectivity index (χ1n) is 4.58. The van der Waals surface area contributed by atoms with Crippen molar-refractivity contribution in [3.05, 3.63) is 35.4 Å². The van der Waals surface area contributed by atoms with E-state index in [2.05, 4.69) is 6.07 Å². The van der Waals surface area contributed by atoms with Gasteiger partial charge >= 0.3 is 0 Å². The van der Waals surface area contributed by atoms with Gasteiger partial charge in [-0.25, -0.2) is 0 Å². The van der Waals surface area contributed by atoms with Crippen molar-refractivity contribution in [1.82, 2.24) is 0 Å². The zero-order valence-electron chi connectivity index (χ0n) is 7.86. The van der Waals surface area contributed by atoms with Crippen molar-refractivity contribution in [2.24, 2.45) is 5.73 Å². The summed E-state index contributed by atoms with van der Waals surface area (Å²) in [5, 5.41) is 8.51. The molecule has 1 aliphatic heterocycles. The van der Waals surface area contributed by atoms with E-state index in [1.54, 1.807) is 0 Å². The third kappa shape index (κ3) is 1.50. The summed E-state index contributed by atoms with van der Waals surface area (Å²) in [7, 11) is 0. The molecule has 3 heteroatoms. The Balaban J connectivity index is 2.18. The molecule has 1 aromatic carbocycles. The van der Waals surface area contributed by atoms with Gasteiger partial charge in [-0.15, -0.1) is 0 Å². The molecule has 72 valence electrons. The van der Waals surface area contributed by atoms with Crippen LogP contribution in [0.2, 0.25) is 0 Å². The van der Waals surface area contributed by atoms with Crippen LogP contribution in [0.15, 0.2) is 24.3 Å². The van der Waals surface area contributed by atoms with E-state index in [0.717, 1.165) is 11.1 Å². The molecule has 14 heavy (non-hydrogen) atoms. The molecule has 0 bridgehead atoms. The van der Waals surface area contributed by atoms with Crippen LogP contribution >= 0.6 is 0 Å². The second kappa shape index (κ2) is 3.41. The normalized spacial score (nSPS) is 18.3. The van der Waals surface area contributed by atoms with Crippen molar-refractivity contribution in [3.63, 3.8) is 0 Å². The molecule has 1 fully saturated rings. The fourth-order valence-corrected chi connectivity index (χ4v) is 1.53. The molecule has 1 heterocycles. The standard InChI is InChI=1S/C11H12N2O/c12-6-5-9-1-3-10(4-2-9)11(13)7-14-8-11/h1-4H,5,7-8,13H2. The number of rotatable bonds is 2. The molecule has 0 amide bonds.